The molecule has 2 heterocycles. The quantitative estimate of drug-likeness (QED) is 0.731. The van der Waals surface area contributed by atoms with Crippen molar-refractivity contribution >= 4 is 17.1 Å². The fourth-order valence-electron chi connectivity index (χ4n) is 2.41. The van der Waals surface area contributed by atoms with Crippen molar-refractivity contribution in [2.75, 3.05) is 14.1 Å². The summed E-state index contributed by atoms with van der Waals surface area (Å²) in [5.74, 6) is 0. The van der Waals surface area contributed by atoms with E-state index in [-0.39, 0.29) is 0 Å². The van der Waals surface area contributed by atoms with Gasteiger partial charge in [0.05, 0.1) is 11.2 Å². The number of nitrogens with zero attached hydrogens (tertiary/aromatic N) is 3. The molecule has 0 aliphatic carbocycles. The molecule has 0 radical (unpaired) electrons. The predicted octanol–water partition coefficient (Wildman–Crippen LogP) is 3.72. The third kappa shape index (κ3) is 2.42. The van der Waals surface area contributed by atoms with Crippen molar-refractivity contribution in [3.8, 4) is 11.3 Å². The minimum absolute atomic E-state index is 0.728. The number of benzene rings is 1. The molecule has 1 aromatic carbocycles. The van der Waals surface area contributed by atoms with Crippen molar-refractivity contribution in [1.29, 1.82) is 0 Å². The summed E-state index contributed by atoms with van der Waals surface area (Å²) < 4.78 is 2.18. The van der Waals surface area contributed by atoms with Crippen LogP contribution in [0.1, 0.15) is 5.69 Å². The lowest BCUT2D eigenvalue weighted by Gasteiger charge is -2.10. The first-order valence-electron chi connectivity index (χ1n) is 6.51. The number of rotatable bonds is 3. The molecule has 0 amide bonds. The van der Waals surface area contributed by atoms with Crippen LogP contribution in [0.4, 0.5) is 0 Å². The van der Waals surface area contributed by atoms with Crippen LogP contribution in [0.2, 0.25) is 5.02 Å². The third-order valence-corrected chi connectivity index (χ3v) is 3.48. The van der Waals surface area contributed by atoms with E-state index >= 15 is 0 Å². The van der Waals surface area contributed by atoms with Crippen LogP contribution < -0.4 is 0 Å². The van der Waals surface area contributed by atoms with Crippen molar-refractivity contribution in [3.63, 3.8) is 0 Å². The molecule has 0 aliphatic rings. The highest BCUT2D eigenvalue weighted by molar-refractivity contribution is 6.30. The lowest BCUT2D eigenvalue weighted by Crippen LogP contribution is -2.12. The molecule has 3 nitrogen and oxygen atoms in total. The average Bonchev–Trinajstić information content (AvgIpc) is 2.81. The molecule has 0 bridgehead atoms. The van der Waals surface area contributed by atoms with E-state index in [2.05, 4.69) is 40.5 Å². The second-order valence-electron chi connectivity index (χ2n) is 5.10. The van der Waals surface area contributed by atoms with E-state index in [1.165, 1.54) is 5.69 Å². The Bertz CT molecular complexity index is 746. The zero-order valence-corrected chi connectivity index (χ0v) is 12.3. The molecule has 0 atom stereocenters. The van der Waals surface area contributed by atoms with E-state index in [9.17, 15) is 0 Å². The lowest BCUT2D eigenvalue weighted by molar-refractivity contribution is 0.395. The molecule has 3 aromatic rings. The summed E-state index contributed by atoms with van der Waals surface area (Å²) in [7, 11) is 4.14. The summed E-state index contributed by atoms with van der Waals surface area (Å²) in [5.41, 5.74) is 4.35. The van der Waals surface area contributed by atoms with Gasteiger partial charge in [-0.15, -0.1) is 0 Å². The maximum absolute atomic E-state index is 6.08. The van der Waals surface area contributed by atoms with Crippen LogP contribution >= 0.6 is 11.6 Å². The first kappa shape index (κ1) is 13.2. The molecular formula is C16H16ClN3. The zero-order chi connectivity index (χ0) is 14.1. The Morgan fingerprint density at radius 3 is 2.80 bits per heavy atom. The van der Waals surface area contributed by atoms with Gasteiger partial charge in [-0.2, -0.15) is 0 Å². The first-order chi connectivity index (χ1) is 9.65. The van der Waals surface area contributed by atoms with Crippen LogP contribution in [-0.4, -0.2) is 28.4 Å². The third-order valence-electron chi connectivity index (χ3n) is 3.24. The van der Waals surface area contributed by atoms with Gasteiger partial charge < -0.3 is 9.30 Å². The zero-order valence-electron chi connectivity index (χ0n) is 11.5. The summed E-state index contributed by atoms with van der Waals surface area (Å²) in [5, 5.41) is 0.728. The van der Waals surface area contributed by atoms with Crippen molar-refractivity contribution < 1.29 is 0 Å². The van der Waals surface area contributed by atoms with E-state index in [4.69, 9.17) is 11.6 Å². The molecule has 0 saturated heterocycles. The summed E-state index contributed by atoms with van der Waals surface area (Å²) in [6, 6.07) is 12.1. The minimum atomic E-state index is 0.728. The normalized spacial score (nSPS) is 11.4. The van der Waals surface area contributed by atoms with Crippen molar-refractivity contribution in [2.24, 2.45) is 0 Å². The molecule has 0 spiro atoms. The van der Waals surface area contributed by atoms with Crippen LogP contribution in [0.25, 0.3) is 16.8 Å². The van der Waals surface area contributed by atoms with Gasteiger partial charge in [0.2, 0.25) is 0 Å². The predicted molar refractivity (Wildman–Crippen MR) is 83.0 cm³/mol. The molecular weight excluding hydrogens is 270 g/mol. The van der Waals surface area contributed by atoms with Gasteiger partial charge in [0.25, 0.3) is 0 Å². The SMILES string of the molecule is CN(C)Cc1ccc2c(-c3cccc(Cl)c3)nccn12. The van der Waals surface area contributed by atoms with Crippen molar-refractivity contribution in [3.05, 3.63) is 59.5 Å². The van der Waals surface area contributed by atoms with Crippen LogP contribution in [-0.2, 0) is 6.54 Å². The molecule has 102 valence electrons. The summed E-state index contributed by atoms with van der Waals surface area (Å²) in [6.45, 7) is 0.896. The monoisotopic (exact) mass is 285 g/mol. The molecule has 0 unspecified atom stereocenters. The van der Waals surface area contributed by atoms with E-state index in [1.54, 1.807) is 0 Å². The molecule has 2 aromatic heterocycles. The van der Waals surface area contributed by atoms with Gasteiger partial charge >= 0.3 is 0 Å². The Morgan fingerprint density at radius 2 is 2.05 bits per heavy atom. The Hall–Kier alpha value is -1.84. The molecule has 0 aliphatic heterocycles. The van der Waals surface area contributed by atoms with Gasteiger partial charge in [-0.25, -0.2) is 0 Å². The second kappa shape index (κ2) is 5.27. The highest BCUT2D eigenvalue weighted by Gasteiger charge is 2.09. The van der Waals surface area contributed by atoms with Gasteiger partial charge in [0.1, 0.15) is 0 Å². The maximum Gasteiger partial charge on any atom is 0.0943 e. The van der Waals surface area contributed by atoms with Gasteiger partial charge in [-0.3, -0.25) is 4.98 Å². The molecule has 0 fully saturated rings. The van der Waals surface area contributed by atoms with Crippen LogP contribution in [0.15, 0.2) is 48.8 Å². The van der Waals surface area contributed by atoms with Crippen LogP contribution in [0, 0.1) is 0 Å². The smallest absolute Gasteiger partial charge is 0.0943 e. The largest absolute Gasteiger partial charge is 0.316 e. The average molecular weight is 286 g/mol. The minimum Gasteiger partial charge on any atom is -0.316 e. The highest BCUT2D eigenvalue weighted by atomic mass is 35.5. The number of fused-ring (bicyclic) bond motifs is 1. The second-order valence-corrected chi connectivity index (χ2v) is 5.54. The van der Waals surface area contributed by atoms with Crippen molar-refractivity contribution in [1.82, 2.24) is 14.3 Å². The fourth-order valence-corrected chi connectivity index (χ4v) is 2.60. The lowest BCUT2D eigenvalue weighted by atomic mass is 10.1. The standard InChI is InChI=1S/C16H16ClN3/c1-19(2)11-14-6-7-15-16(18-8-9-20(14)15)12-4-3-5-13(17)10-12/h3-10H,11H2,1-2H3. The van der Waals surface area contributed by atoms with Gasteiger partial charge in [-0.1, -0.05) is 23.7 Å². The van der Waals surface area contributed by atoms with Crippen molar-refractivity contribution in [2.45, 2.75) is 6.54 Å². The molecule has 3 rings (SSSR count). The Kier molecular flexibility index (Phi) is 3.47. The highest BCUT2D eigenvalue weighted by Crippen LogP contribution is 2.26. The van der Waals surface area contributed by atoms with E-state index < -0.39 is 0 Å². The number of halogens is 1. The Labute approximate surface area is 123 Å². The summed E-state index contributed by atoms with van der Waals surface area (Å²) >= 11 is 6.08. The first-order valence-corrected chi connectivity index (χ1v) is 6.88. The topological polar surface area (TPSA) is 20.5 Å². The van der Waals surface area contributed by atoms with E-state index in [0.717, 1.165) is 28.3 Å². The van der Waals surface area contributed by atoms with E-state index in [1.807, 2.05) is 36.7 Å². The number of hydrogen-bond donors (Lipinski definition) is 0. The summed E-state index contributed by atoms with van der Waals surface area (Å²) in [6.07, 6.45) is 3.84. The van der Waals surface area contributed by atoms with Crippen LogP contribution in [0.3, 0.4) is 0 Å². The molecule has 4 heteroatoms. The molecule has 0 N–H and O–H groups in total. The van der Waals surface area contributed by atoms with E-state index in [0.29, 0.717) is 0 Å². The Balaban J connectivity index is 2.15. The van der Waals surface area contributed by atoms with Gasteiger partial charge in [0, 0.05) is 35.2 Å². The Morgan fingerprint density at radius 1 is 1.20 bits per heavy atom. The number of aromatic nitrogens is 2. The van der Waals surface area contributed by atoms with Crippen LogP contribution in [0.5, 0.6) is 0 Å². The number of hydrogen-bond acceptors (Lipinski definition) is 2. The maximum atomic E-state index is 6.08. The molecule has 0 saturated carbocycles. The van der Waals surface area contributed by atoms with Gasteiger partial charge in [-0.05, 0) is 38.4 Å². The van der Waals surface area contributed by atoms with Gasteiger partial charge in [0.15, 0.2) is 0 Å². The molecule has 20 heavy (non-hydrogen) atoms. The summed E-state index contributed by atoms with van der Waals surface area (Å²) in [4.78, 5) is 6.67. The fraction of sp³-hybridized carbons (Fsp3) is 0.188.